The van der Waals surface area contributed by atoms with Crippen molar-refractivity contribution >= 4 is 49.0 Å². The fourth-order valence-electron chi connectivity index (χ4n) is 2.33. The van der Waals surface area contributed by atoms with Gasteiger partial charge in [0.15, 0.2) is 10.9 Å². The zero-order valence-electron chi connectivity index (χ0n) is 13.6. The van der Waals surface area contributed by atoms with Crippen LogP contribution in [0.25, 0.3) is 11.0 Å². The highest BCUT2D eigenvalue weighted by Crippen LogP contribution is 2.38. The van der Waals surface area contributed by atoms with Crippen molar-refractivity contribution < 1.29 is 17.9 Å². The molecule has 4 aromatic rings. The van der Waals surface area contributed by atoms with Gasteiger partial charge >= 0.3 is 0 Å². The Morgan fingerprint density at radius 1 is 1.07 bits per heavy atom. The van der Waals surface area contributed by atoms with Crippen molar-refractivity contribution in [1.29, 1.82) is 0 Å². The van der Waals surface area contributed by atoms with Crippen molar-refractivity contribution in [1.82, 2.24) is 4.98 Å². The standard InChI is InChI=1S/C17H12N4O4S2/c22-15-13-3-1-2-4-14(13)25-16(15)20-19-11-5-7-12(8-6-11)27(23,24)21-17-18-9-10-26-17/h1-10,22H,(H,18,21). The number of nitrogens with one attached hydrogen (secondary N) is 1. The average molecular weight is 400 g/mol. The Bertz CT molecular complexity index is 1210. The van der Waals surface area contributed by atoms with E-state index >= 15 is 0 Å². The molecule has 0 aliphatic heterocycles. The van der Waals surface area contributed by atoms with Gasteiger partial charge in [0.1, 0.15) is 5.58 Å². The summed E-state index contributed by atoms with van der Waals surface area (Å²) in [7, 11) is -3.72. The second kappa shape index (κ2) is 6.82. The quantitative estimate of drug-likeness (QED) is 0.466. The van der Waals surface area contributed by atoms with Crippen molar-refractivity contribution in [2.24, 2.45) is 10.2 Å². The maximum Gasteiger partial charge on any atom is 0.282 e. The van der Waals surface area contributed by atoms with Crippen LogP contribution in [0.15, 0.2) is 79.6 Å². The van der Waals surface area contributed by atoms with Gasteiger partial charge in [0.25, 0.3) is 15.9 Å². The highest BCUT2D eigenvalue weighted by atomic mass is 32.2. The molecule has 0 bridgehead atoms. The zero-order chi connectivity index (χ0) is 18.9. The fourth-order valence-corrected chi connectivity index (χ4v) is 4.12. The van der Waals surface area contributed by atoms with Gasteiger partial charge in [-0.15, -0.1) is 21.6 Å². The number of aromatic nitrogens is 1. The minimum atomic E-state index is -3.72. The van der Waals surface area contributed by atoms with Gasteiger partial charge in [-0.2, -0.15) is 0 Å². The van der Waals surface area contributed by atoms with E-state index < -0.39 is 10.0 Å². The van der Waals surface area contributed by atoms with E-state index in [1.807, 2.05) is 0 Å². The summed E-state index contributed by atoms with van der Waals surface area (Å²) in [5.41, 5.74) is 0.904. The maximum absolute atomic E-state index is 12.3. The molecule has 2 aromatic heterocycles. The second-order valence-corrected chi connectivity index (χ2v) is 7.97. The van der Waals surface area contributed by atoms with Gasteiger partial charge in [-0.25, -0.2) is 13.4 Å². The smallest absolute Gasteiger partial charge is 0.282 e. The van der Waals surface area contributed by atoms with Crippen LogP contribution < -0.4 is 4.72 Å². The molecule has 0 amide bonds. The van der Waals surface area contributed by atoms with Crippen LogP contribution in [0.1, 0.15) is 0 Å². The van der Waals surface area contributed by atoms with Crippen molar-refractivity contribution in [3.05, 3.63) is 60.1 Å². The molecule has 0 unspecified atom stereocenters. The first-order chi connectivity index (χ1) is 13.0. The summed E-state index contributed by atoms with van der Waals surface area (Å²) in [5, 5.41) is 20.5. The highest BCUT2D eigenvalue weighted by molar-refractivity contribution is 7.93. The number of thiazole rings is 1. The molecule has 2 heterocycles. The molecule has 0 aliphatic carbocycles. The van der Waals surface area contributed by atoms with Gasteiger partial charge in [-0.3, -0.25) is 4.72 Å². The van der Waals surface area contributed by atoms with Crippen LogP contribution in [0.4, 0.5) is 16.7 Å². The van der Waals surface area contributed by atoms with E-state index in [-0.39, 0.29) is 16.5 Å². The van der Waals surface area contributed by atoms with Gasteiger partial charge in [-0.05, 0) is 36.4 Å². The topological polar surface area (TPSA) is 117 Å². The Kier molecular flexibility index (Phi) is 4.34. The van der Waals surface area contributed by atoms with E-state index in [0.29, 0.717) is 21.8 Å². The minimum Gasteiger partial charge on any atom is -0.503 e. The summed E-state index contributed by atoms with van der Waals surface area (Å²) in [6.07, 6.45) is 1.51. The molecule has 136 valence electrons. The summed E-state index contributed by atoms with van der Waals surface area (Å²) in [4.78, 5) is 3.97. The molecule has 0 fully saturated rings. The maximum atomic E-state index is 12.3. The lowest BCUT2D eigenvalue weighted by atomic mass is 10.2. The number of sulfonamides is 1. The van der Waals surface area contributed by atoms with Crippen molar-refractivity contribution in [3.8, 4) is 5.75 Å². The molecule has 2 N–H and O–H groups in total. The van der Waals surface area contributed by atoms with E-state index in [2.05, 4.69) is 19.9 Å². The molecular weight excluding hydrogens is 388 g/mol. The number of fused-ring (bicyclic) bond motifs is 1. The fraction of sp³-hybridized carbons (Fsp3) is 0. The number of rotatable bonds is 5. The van der Waals surface area contributed by atoms with Crippen LogP contribution in [0, 0.1) is 0 Å². The third-order valence-corrected chi connectivity index (χ3v) is 5.78. The van der Waals surface area contributed by atoms with Gasteiger partial charge < -0.3 is 9.52 Å². The first-order valence-electron chi connectivity index (χ1n) is 7.67. The van der Waals surface area contributed by atoms with E-state index in [4.69, 9.17) is 4.42 Å². The Balaban J connectivity index is 1.55. The third kappa shape index (κ3) is 3.52. The summed E-state index contributed by atoms with van der Waals surface area (Å²) in [5.74, 6) is -0.112. The van der Waals surface area contributed by atoms with E-state index in [1.165, 1.54) is 41.8 Å². The zero-order valence-corrected chi connectivity index (χ0v) is 15.2. The van der Waals surface area contributed by atoms with Gasteiger partial charge in [0.05, 0.1) is 16.0 Å². The number of benzene rings is 2. The molecule has 0 saturated heterocycles. The van der Waals surface area contributed by atoms with E-state index in [9.17, 15) is 13.5 Å². The Labute approximate surface area is 157 Å². The molecule has 10 heteroatoms. The Morgan fingerprint density at radius 2 is 1.85 bits per heavy atom. The van der Waals surface area contributed by atoms with Crippen LogP contribution in [-0.2, 0) is 10.0 Å². The van der Waals surface area contributed by atoms with Crippen LogP contribution in [0.2, 0.25) is 0 Å². The van der Waals surface area contributed by atoms with Crippen LogP contribution in [0.3, 0.4) is 0 Å². The molecule has 0 radical (unpaired) electrons. The molecule has 0 spiro atoms. The minimum absolute atomic E-state index is 0.0154. The number of aromatic hydroxyl groups is 1. The number of hydrogen-bond donors (Lipinski definition) is 2. The number of nitrogens with zero attached hydrogens (tertiary/aromatic N) is 3. The van der Waals surface area contributed by atoms with Crippen LogP contribution >= 0.6 is 11.3 Å². The summed E-state index contributed by atoms with van der Waals surface area (Å²) >= 11 is 1.19. The molecule has 8 nitrogen and oxygen atoms in total. The normalized spacial score (nSPS) is 12.0. The second-order valence-electron chi connectivity index (χ2n) is 5.39. The predicted molar refractivity (Wildman–Crippen MR) is 101 cm³/mol. The number of para-hydroxylation sites is 1. The van der Waals surface area contributed by atoms with Gasteiger partial charge in [0.2, 0.25) is 0 Å². The molecule has 27 heavy (non-hydrogen) atoms. The number of anilines is 1. The summed E-state index contributed by atoms with van der Waals surface area (Å²) in [6, 6.07) is 12.8. The lowest BCUT2D eigenvalue weighted by Gasteiger charge is -2.04. The van der Waals surface area contributed by atoms with E-state index in [0.717, 1.165) is 0 Å². The first kappa shape index (κ1) is 17.2. The molecular formula is C17H12N4O4S2. The average Bonchev–Trinajstić information content (AvgIpc) is 3.28. The highest BCUT2D eigenvalue weighted by Gasteiger charge is 2.15. The van der Waals surface area contributed by atoms with Crippen molar-refractivity contribution in [2.45, 2.75) is 4.90 Å². The monoisotopic (exact) mass is 400 g/mol. The van der Waals surface area contributed by atoms with Gasteiger partial charge in [0, 0.05) is 11.6 Å². The molecule has 4 rings (SSSR count). The van der Waals surface area contributed by atoms with Gasteiger partial charge in [-0.1, -0.05) is 12.1 Å². The van der Waals surface area contributed by atoms with Crippen LogP contribution in [0.5, 0.6) is 5.75 Å². The number of hydrogen-bond acceptors (Lipinski definition) is 8. The lowest BCUT2D eigenvalue weighted by Crippen LogP contribution is -2.12. The van der Waals surface area contributed by atoms with Crippen LogP contribution in [-0.4, -0.2) is 18.5 Å². The SMILES string of the molecule is O=S(=O)(Nc1nccs1)c1ccc(N=Nc2oc3ccccc3c2O)cc1. The summed E-state index contributed by atoms with van der Waals surface area (Å²) in [6.45, 7) is 0. The summed E-state index contributed by atoms with van der Waals surface area (Å²) < 4.78 is 32.4. The number of furan rings is 1. The lowest BCUT2D eigenvalue weighted by molar-refractivity contribution is 0.468. The predicted octanol–water partition coefficient (Wildman–Crippen LogP) is 4.81. The Hall–Kier alpha value is -3.24. The Morgan fingerprint density at radius 3 is 2.56 bits per heavy atom. The molecule has 2 aromatic carbocycles. The molecule has 0 atom stereocenters. The van der Waals surface area contributed by atoms with E-state index in [1.54, 1.807) is 29.6 Å². The first-order valence-corrected chi connectivity index (χ1v) is 10.0. The third-order valence-electron chi connectivity index (χ3n) is 3.61. The molecule has 0 aliphatic rings. The number of azo groups is 1. The van der Waals surface area contributed by atoms with Crippen molar-refractivity contribution in [2.75, 3.05) is 4.72 Å². The largest absolute Gasteiger partial charge is 0.503 e. The van der Waals surface area contributed by atoms with Crippen molar-refractivity contribution in [3.63, 3.8) is 0 Å². The molecule has 0 saturated carbocycles.